The maximum atomic E-state index is 5.73. The van der Waals surface area contributed by atoms with Crippen molar-refractivity contribution in [2.45, 2.75) is 26.8 Å². The molecule has 0 aromatic carbocycles. The number of furan rings is 1. The quantitative estimate of drug-likeness (QED) is 0.625. The van der Waals surface area contributed by atoms with Crippen molar-refractivity contribution in [1.82, 2.24) is 5.32 Å². The Morgan fingerprint density at radius 3 is 2.85 bits per heavy atom. The van der Waals surface area contributed by atoms with Crippen LogP contribution in [0.25, 0.3) is 12.2 Å². The van der Waals surface area contributed by atoms with Crippen molar-refractivity contribution < 1.29 is 4.42 Å². The van der Waals surface area contributed by atoms with E-state index in [4.69, 9.17) is 4.42 Å². The molecule has 1 aromatic heterocycles. The fourth-order valence-corrected chi connectivity index (χ4v) is 1.91. The van der Waals surface area contributed by atoms with Gasteiger partial charge in [0.25, 0.3) is 0 Å². The number of nitrogens with one attached hydrogen (secondary N) is 1. The van der Waals surface area contributed by atoms with Crippen LogP contribution in [0.15, 0.2) is 4.42 Å². The van der Waals surface area contributed by atoms with E-state index in [1.54, 1.807) is 0 Å². The molecule has 70 valence electrons. The highest BCUT2D eigenvalue weighted by atomic mass is 16.3. The van der Waals surface area contributed by atoms with Gasteiger partial charge in [0.1, 0.15) is 11.2 Å². The van der Waals surface area contributed by atoms with E-state index in [1.165, 1.54) is 10.8 Å². The molecule has 0 saturated heterocycles. The van der Waals surface area contributed by atoms with Crippen molar-refractivity contribution >= 4 is 12.2 Å². The molecule has 13 heavy (non-hydrogen) atoms. The molecule has 0 fully saturated rings. The molecule has 1 N–H and O–H groups in total. The van der Waals surface area contributed by atoms with Gasteiger partial charge in [0.15, 0.2) is 0 Å². The molecule has 1 aliphatic rings. The molecule has 1 aliphatic heterocycles. The summed E-state index contributed by atoms with van der Waals surface area (Å²) in [7, 11) is 0. The summed E-state index contributed by atoms with van der Waals surface area (Å²) in [6, 6.07) is 0. The van der Waals surface area contributed by atoms with Crippen molar-refractivity contribution in [2.24, 2.45) is 0 Å². The number of hydrogen-bond acceptors (Lipinski definition) is 2. The molecule has 0 unspecified atom stereocenters. The topological polar surface area (TPSA) is 25.2 Å². The first-order valence-corrected chi connectivity index (χ1v) is 4.80. The van der Waals surface area contributed by atoms with Crippen LogP contribution in [0.3, 0.4) is 0 Å². The summed E-state index contributed by atoms with van der Waals surface area (Å²) in [5.41, 5.74) is 2.42. The average molecular weight is 177 g/mol. The van der Waals surface area contributed by atoms with E-state index in [9.17, 15) is 0 Å². The smallest absolute Gasteiger partial charge is 0.130 e. The normalized spacial score (nSPS) is 19.2. The zero-order valence-corrected chi connectivity index (χ0v) is 8.18. The van der Waals surface area contributed by atoms with Crippen LogP contribution in [0, 0.1) is 0 Å². The van der Waals surface area contributed by atoms with E-state index in [-0.39, 0.29) is 0 Å². The van der Waals surface area contributed by atoms with Gasteiger partial charge in [-0.2, -0.15) is 0 Å². The predicted octanol–water partition coefficient (Wildman–Crippen LogP) is 0.526. The number of fused-ring (bicyclic) bond motifs is 1. The van der Waals surface area contributed by atoms with Crippen molar-refractivity contribution in [1.29, 1.82) is 0 Å². The average Bonchev–Trinajstić information content (AvgIpc) is 2.55. The fourth-order valence-electron chi connectivity index (χ4n) is 1.91. The van der Waals surface area contributed by atoms with Crippen molar-refractivity contribution in [3.8, 4) is 0 Å². The number of rotatable bonds is 0. The van der Waals surface area contributed by atoms with Gasteiger partial charge in [-0.15, -0.1) is 0 Å². The second-order valence-corrected chi connectivity index (χ2v) is 3.29. The van der Waals surface area contributed by atoms with Gasteiger partial charge >= 0.3 is 0 Å². The van der Waals surface area contributed by atoms with Gasteiger partial charge < -0.3 is 9.73 Å². The van der Waals surface area contributed by atoms with E-state index in [2.05, 4.69) is 18.3 Å². The molecular weight excluding hydrogens is 162 g/mol. The van der Waals surface area contributed by atoms with Crippen LogP contribution >= 0.6 is 0 Å². The molecule has 1 aromatic rings. The Bertz CT molecular complexity index is 414. The van der Waals surface area contributed by atoms with Crippen molar-refractivity contribution in [3.05, 3.63) is 22.0 Å². The Balaban J connectivity index is 2.72. The highest BCUT2D eigenvalue weighted by Crippen LogP contribution is 2.07. The standard InChI is InChI=1S/C11H15NO/c1-3-8-9-5-6-12-7-11(9)13-10(8)4-2/h3-4,12H,5-7H2,1-2H3/b8-3-,10-4+. The minimum absolute atomic E-state index is 0.879. The minimum Gasteiger partial charge on any atom is -0.460 e. The molecular formula is C11H15NO. The van der Waals surface area contributed by atoms with Gasteiger partial charge in [-0.25, -0.2) is 0 Å². The van der Waals surface area contributed by atoms with E-state index in [0.29, 0.717) is 0 Å². The van der Waals surface area contributed by atoms with Crippen LogP contribution < -0.4 is 16.0 Å². The largest absolute Gasteiger partial charge is 0.460 e. The lowest BCUT2D eigenvalue weighted by atomic mass is 10.1. The fraction of sp³-hybridized carbons (Fsp3) is 0.455. The molecule has 2 heterocycles. The summed E-state index contributed by atoms with van der Waals surface area (Å²) in [5.74, 6) is 1.12. The first-order chi connectivity index (χ1) is 6.36. The SMILES string of the molecule is C/C=c1/c2c(o/c1=C/C)CNCC2. The first-order valence-electron chi connectivity index (χ1n) is 4.80. The molecule has 0 atom stereocenters. The zero-order chi connectivity index (χ0) is 9.26. The third kappa shape index (κ3) is 1.31. The Labute approximate surface area is 77.9 Å². The lowest BCUT2D eigenvalue weighted by Crippen LogP contribution is -2.28. The summed E-state index contributed by atoms with van der Waals surface area (Å²) in [4.78, 5) is 0. The molecule has 0 radical (unpaired) electrons. The summed E-state index contributed by atoms with van der Waals surface area (Å²) in [6.45, 7) is 6.03. The monoisotopic (exact) mass is 177 g/mol. The third-order valence-electron chi connectivity index (χ3n) is 2.55. The van der Waals surface area contributed by atoms with Crippen LogP contribution in [0.2, 0.25) is 0 Å². The molecule has 2 rings (SSSR count). The van der Waals surface area contributed by atoms with E-state index in [1.807, 2.05) is 13.0 Å². The summed E-state index contributed by atoms with van der Waals surface area (Å²) >= 11 is 0. The van der Waals surface area contributed by atoms with Crippen molar-refractivity contribution in [2.75, 3.05) is 6.54 Å². The second-order valence-electron chi connectivity index (χ2n) is 3.29. The Kier molecular flexibility index (Phi) is 2.23. The minimum atomic E-state index is 0.879. The van der Waals surface area contributed by atoms with E-state index >= 15 is 0 Å². The molecule has 0 saturated carbocycles. The van der Waals surface area contributed by atoms with Gasteiger partial charge in [-0.05, 0) is 32.9 Å². The lowest BCUT2D eigenvalue weighted by molar-refractivity contribution is 0.443. The number of hydrogen-bond donors (Lipinski definition) is 1. The maximum absolute atomic E-state index is 5.73. The first kappa shape index (κ1) is 8.57. The van der Waals surface area contributed by atoms with Crippen LogP contribution in [-0.2, 0) is 13.0 Å². The van der Waals surface area contributed by atoms with E-state index in [0.717, 1.165) is 30.7 Å². The third-order valence-corrected chi connectivity index (χ3v) is 2.55. The van der Waals surface area contributed by atoms with E-state index < -0.39 is 0 Å². The molecule has 0 aliphatic carbocycles. The second kappa shape index (κ2) is 3.38. The highest BCUT2D eigenvalue weighted by Gasteiger charge is 2.13. The molecule has 0 amide bonds. The Morgan fingerprint density at radius 2 is 2.15 bits per heavy atom. The van der Waals surface area contributed by atoms with Gasteiger partial charge in [-0.1, -0.05) is 6.08 Å². The maximum Gasteiger partial charge on any atom is 0.130 e. The van der Waals surface area contributed by atoms with Gasteiger partial charge in [0, 0.05) is 10.8 Å². The molecule has 2 nitrogen and oxygen atoms in total. The Hall–Kier alpha value is -1.02. The zero-order valence-electron chi connectivity index (χ0n) is 8.18. The molecule has 0 bridgehead atoms. The van der Waals surface area contributed by atoms with Crippen LogP contribution in [0.5, 0.6) is 0 Å². The van der Waals surface area contributed by atoms with Crippen molar-refractivity contribution in [3.63, 3.8) is 0 Å². The van der Waals surface area contributed by atoms with Crippen LogP contribution in [0.1, 0.15) is 25.2 Å². The predicted molar refractivity (Wildman–Crippen MR) is 53.6 cm³/mol. The molecule has 0 spiro atoms. The van der Waals surface area contributed by atoms with Crippen LogP contribution in [-0.4, -0.2) is 6.54 Å². The lowest BCUT2D eigenvalue weighted by Gasteiger charge is -2.10. The Morgan fingerprint density at radius 1 is 1.31 bits per heavy atom. The van der Waals surface area contributed by atoms with Gasteiger partial charge in [0.05, 0.1) is 6.54 Å². The molecule has 2 heteroatoms. The summed E-state index contributed by atoms with van der Waals surface area (Å²) in [5, 5.41) is 4.60. The summed E-state index contributed by atoms with van der Waals surface area (Å²) in [6.07, 6.45) is 5.27. The highest BCUT2D eigenvalue weighted by molar-refractivity contribution is 5.34. The van der Waals surface area contributed by atoms with Gasteiger partial charge in [-0.3, -0.25) is 0 Å². The van der Waals surface area contributed by atoms with Gasteiger partial charge in [0.2, 0.25) is 0 Å². The summed E-state index contributed by atoms with van der Waals surface area (Å²) < 4.78 is 5.73. The van der Waals surface area contributed by atoms with Crippen LogP contribution in [0.4, 0.5) is 0 Å².